The SMILES string of the molecule is Cc1cc(C)c(C(=O)Nc2ccc(Cl)cc2I)c(C)c1. The molecule has 104 valence electrons. The molecule has 0 aliphatic heterocycles. The highest BCUT2D eigenvalue weighted by atomic mass is 127. The molecule has 0 aliphatic carbocycles. The van der Waals surface area contributed by atoms with Gasteiger partial charge in [0.25, 0.3) is 5.91 Å². The third kappa shape index (κ3) is 3.33. The Morgan fingerprint density at radius 1 is 1.10 bits per heavy atom. The van der Waals surface area contributed by atoms with Crippen molar-refractivity contribution >= 4 is 45.8 Å². The fourth-order valence-electron chi connectivity index (χ4n) is 2.31. The molecule has 0 unspecified atom stereocenters. The molecule has 0 spiro atoms. The number of hydrogen-bond donors (Lipinski definition) is 1. The van der Waals surface area contributed by atoms with E-state index in [0.717, 1.165) is 31.5 Å². The van der Waals surface area contributed by atoms with Gasteiger partial charge >= 0.3 is 0 Å². The summed E-state index contributed by atoms with van der Waals surface area (Å²) in [6.07, 6.45) is 0. The van der Waals surface area contributed by atoms with Gasteiger partial charge in [-0.2, -0.15) is 0 Å². The zero-order valence-corrected chi connectivity index (χ0v) is 14.5. The molecule has 0 aliphatic rings. The molecule has 0 saturated heterocycles. The van der Waals surface area contributed by atoms with Crippen molar-refractivity contribution in [2.24, 2.45) is 0 Å². The first kappa shape index (κ1) is 15.3. The number of nitrogens with one attached hydrogen (secondary N) is 1. The average Bonchev–Trinajstić information content (AvgIpc) is 2.31. The van der Waals surface area contributed by atoms with Crippen LogP contribution in [0, 0.1) is 24.3 Å². The molecule has 0 aromatic heterocycles. The van der Waals surface area contributed by atoms with Gasteiger partial charge in [0.1, 0.15) is 0 Å². The highest BCUT2D eigenvalue weighted by Gasteiger charge is 2.14. The molecule has 1 N–H and O–H groups in total. The molecule has 0 atom stereocenters. The Bertz CT molecular complexity index is 659. The summed E-state index contributed by atoms with van der Waals surface area (Å²) in [5.74, 6) is -0.0831. The average molecular weight is 400 g/mol. The summed E-state index contributed by atoms with van der Waals surface area (Å²) in [4.78, 5) is 12.5. The van der Waals surface area contributed by atoms with Gasteiger partial charge in [0.15, 0.2) is 0 Å². The maximum atomic E-state index is 12.5. The van der Waals surface area contributed by atoms with Crippen molar-refractivity contribution in [3.8, 4) is 0 Å². The Morgan fingerprint density at radius 2 is 1.70 bits per heavy atom. The fraction of sp³-hybridized carbons (Fsp3) is 0.188. The van der Waals surface area contributed by atoms with Crippen LogP contribution in [-0.2, 0) is 0 Å². The molecule has 2 aromatic carbocycles. The van der Waals surface area contributed by atoms with E-state index in [9.17, 15) is 4.79 Å². The van der Waals surface area contributed by atoms with Crippen molar-refractivity contribution < 1.29 is 4.79 Å². The molecule has 0 saturated carbocycles. The number of anilines is 1. The van der Waals surface area contributed by atoms with Crippen LogP contribution in [0.5, 0.6) is 0 Å². The number of amides is 1. The molecule has 0 heterocycles. The van der Waals surface area contributed by atoms with Crippen LogP contribution in [0.25, 0.3) is 0 Å². The molecule has 2 rings (SSSR count). The third-order valence-corrected chi connectivity index (χ3v) is 4.21. The van der Waals surface area contributed by atoms with E-state index in [0.29, 0.717) is 5.02 Å². The van der Waals surface area contributed by atoms with E-state index in [1.165, 1.54) is 0 Å². The molecule has 0 fully saturated rings. The van der Waals surface area contributed by atoms with Crippen molar-refractivity contribution in [1.82, 2.24) is 0 Å². The van der Waals surface area contributed by atoms with Crippen molar-refractivity contribution in [2.75, 3.05) is 5.32 Å². The minimum atomic E-state index is -0.0831. The van der Waals surface area contributed by atoms with E-state index in [-0.39, 0.29) is 5.91 Å². The van der Waals surface area contributed by atoms with Crippen LogP contribution in [-0.4, -0.2) is 5.91 Å². The van der Waals surface area contributed by atoms with Crippen molar-refractivity contribution in [3.05, 3.63) is 61.2 Å². The summed E-state index contributed by atoms with van der Waals surface area (Å²) in [5.41, 5.74) is 4.66. The van der Waals surface area contributed by atoms with Crippen LogP contribution >= 0.6 is 34.2 Å². The topological polar surface area (TPSA) is 29.1 Å². The number of benzene rings is 2. The molecule has 2 nitrogen and oxygen atoms in total. The quantitative estimate of drug-likeness (QED) is 0.698. The lowest BCUT2D eigenvalue weighted by atomic mass is 9.99. The highest BCUT2D eigenvalue weighted by Crippen LogP contribution is 2.24. The first-order valence-electron chi connectivity index (χ1n) is 6.22. The van der Waals surface area contributed by atoms with Crippen molar-refractivity contribution in [1.29, 1.82) is 0 Å². The lowest BCUT2D eigenvalue weighted by Crippen LogP contribution is -2.16. The highest BCUT2D eigenvalue weighted by molar-refractivity contribution is 14.1. The van der Waals surface area contributed by atoms with Gasteiger partial charge in [-0.25, -0.2) is 0 Å². The van der Waals surface area contributed by atoms with E-state index in [2.05, 4.69) is 27.9 Å². The van der Waals surface area contributed by atoms with Crippen LogP contribution in [0.1, 0.15) is 27.0 Å². The Balaban J connectivity index is 2.33. The Kier molecular flexibility index (Phi) is 4.70. The van der Waals surface area contributed by atoms with Crippen molar-refractivity contribution in [2.45, 2.75) is 20.8 Å². The molecular weight excluding hydrogens is 385 g/mol. The van der Waals surface area contributed by atoms with Gasteiger partial charge in [0.05, 0.1) is 5.69 Å². The van der Waals surface area contributed by atoms with Crippen LogP contribution in [0.4, 0.5) is 5.69 Å². The van der Waals surface area contributed by atoms with E-state index in [1.807, 2.05) is 45.0 Å². The Morgan fingerprint density at radius 3 is 2.25 bits per heavy atom. The number of aryl methyl sites for hydroxylation is 3. The standard InChI is InChI=1S/C16H15ClINO/c1-9-6-10(2)15(11(3)7-9)16(20)19-14-5-4-12(17)8-13(14)18/h4-8H,1-3H3,(H,19,20). The molecule has 0 bridgehead atoms. The molecular formula is C16H15ClINO. The summed E-state index contributed by atoms with van der Waals surface area (Å²) in [6, 6.07) is 9.46. The van der Waals surface area contributed by atoms with Gasteiger partial charge in [-0.15, -0.1) is 0 Å². The maximum absolute atomic E-state index is 12.5. The summed E-state index contributed by atoms with van der Waals surface area (Å²) >= 11 is 8.08. The second kappa shape index (κ2) is 6.14. The first-order chi connectivity index (χ1) is 9.38. The Hall–Kier alpha value is -1.07. The summed E-state index contributed by atoms with van der Waals surface area (Å²) in [6.45, 7) is 5.95. The molecule has 1 amide bonds. The predicted octanol–water partition coefficient (Wildman–Crippen LogP) is 5.12. The van der Waals surface area contributed by atoms with Crippen LogP contribution in [0.15, 0.2) is 30.3 Å². The van der Waals surface area contributed by atoms with Crippen LogP contribution in [0.3, 0.4) is 0 Å². The maximum Gasteiger partial charge on any atom is 0.256 e. The molecule has 20 heavy (non-hydrogen) atoms. The predicted molar refractivity (Wildman–Crippen MR) is 92.8 cm³/mol. The fourth-order valence-corrected chi connectivity index (χ4v) is 3.32. The smallest absolute Gasteiger partial charge is 0.256 e. The zero-order chi connectivity index (χ0) is 14.9. The third-order valence-electron chi connectivity index (χ3n) is 3.08. The van der Waals surface area contributed by atoms with Gasteiger partial charge in [-0.05, 0) is 72.7 Å². The van der Waals surface area contributed by atoms with Crippen molar-refractivity contribution in [3.63, 3.8) is 0 Å². The largest absolute Gasteiger partial charge is 0.321 e. The van der Waals surface area contributed by atoms with E-state index in [1.54, 1.807) is 6.07 Å². The van der Waals surface area contributed by atoms with Gasteiger partial charge in [0, 0.05) is 14.2 Å². The van der Waals surface area contributed by atoms with Crippen LogP contribution in [0.2, 0.25) is 5.02 Å². The molecule has 2 aromatic rings. The number of hydrogen-bond acceptors (Lipinski definition) is 1. The van der Waals surface area contributed by atoms with Gasteiger partial charge in [-0.3, -0.25) is 4.79 Å². The number of carbonyl (C=O) groups is 1. The Labute approximate surface area is 137 Å². The van der Waals surface area contributed by atoms with Gasteiger partial charge < -0.3 is 5.32 Å². The second-order valence-corrected chi connectivity index (χ2v) is 6.45. The second-order valence-electron chi connectivity index (χ2n) is 4.85. The number of carbonyl (C=O) groups excluding carboxylic acids is 1. The van der Waals surface area contributed by atoms with E-state index in [4.69, 9.17) is 11.6 Å². The molecule has 4 heteroatoms. The lowest BCUT2D eigenvalue weighted by molar-refractivity contribution is 0.102. The normalized spacial score (nSPS) is 10.4. The summed E-state index contributed by atoms with van der Waals surface area (Å²) in [5, 5.41) is 3.61. The summed E-state index contributed by atoms with van der Waals surface area (Å²) < 4.78 is 0.922. The van der Waals surface area contributed by atoms with Gasteiger partial charge in [0.2, 0.25) is 0 Å². The first-order valence-corrected chi connectivity index (χ1v) is 7.68. The minimum absolute atomic E-state index is 0.0831. The minimum Gasteiger partial charge on any atom is -0.321 e. The van der Waals surface area contributed by atoms with E-state index < -0.39 is 0 Å². The lowest BCUT2D eigenvalue weighted by Gasteiger charge is -2.13. The zero-order valence-electron chi connectivity index (χ0n) is 11.6. The number of rotatable bonds is 2. The summed E-state index contributed by atoms with van der Waals surface area (Å²) in [7, 11) is 0. The van der Waals surface area contributed by atoms with Gasteiger partial charge in [-0.1, -0.05) is 29.3 Å². The monoisotopic (exact) mass is 399 g/mol. The van der Waals surface area contributed by atoms with Crippen LogP contribution < -0.4 is 5.32 Å². The number of halogens is 2. The van der Waals surface area contributed by atoms with E-state index >= 15 is 0 Å². The molecule has 0 radical (unpaired) electrons.